The summed E-state index contributed by atoms with van der Waals surface area (Å²) in [6.45, 7) is 8.34. The average Bonchev–Trinajstić information content (AvgIpc) is 2.89. The van der Waals surface area contributed by atoms with Crippen LogP contribution in [0.15, 0.2) is 47.6 Å². The zero-order valence-corrected chi connectivity index (χ0v) is 24.4. The normalized spacial score (nSPS) is 12.7. The largest absolute Gasteiger partial charge is 0.479 e. The Hall–Kier alpha value is -2.61. The molecule has 1 heterocycles. The molecule has 38 heavy (non-hydrogen) atoms. The number of carboxylic acid groups (broad SMARTS) is 1. The van der Waals surface area contributed by atoms with Gasteiger partial charge in [-0.2, -0.15) is 0 Å². The Morgan fingerprint density at radius 1 is 1.00 bits per heavy atom. The highest BCUT2D eigenvalue weighted by Crippen LogP contribution is 2.34. The summed E-state index contributed by atoms with van der Waals surface area (Å²) >= 11 is 0. The highest BCUT2D eigenvalue weighted by Gasteiger charge is 2.28. The van der Waals surface area contributed by atoms with Crippen LogP contribution in [0.4, 0.5) is 5.69 Å². The molecule has 0 amide bonds. The van der Waals surface area contributed by atoms with Gasteiger partial charge >= 0.3 is 5.97 Å². The van der Waals surface area contributed by atoms with Crippen LogP contribution >= 0.6 is 0 Å². The summed E-state index contributed by atoms with van der Waals surface area (Å²) in [5.41, 5.74) is 0.887. The van der Waals surface area contributed by atoms with Crippen LogP contribution in [0, 0.1) is 0 Å². The van der Waals surface area contributed by atoms with E-state index in [1.807, 2.05) is 26.8 Å². The number of carbonyl (C=O) groups is 1. The van der Waals surface area contributed by atoms with Crippen molar-refractivity contribution in [2.75, 3.05) is 4.72 Å². The van der Waals surface area contributed by atoms with Gasteiger partial charge in [0.25, 0.3) is 10.0 Å². The first-order chi connectivity index (χ1) is 18.1. The molecule has 2 rings (SSSR count). The van der Waals surface area contributed by atoms with Gasteiger partial charge in [-0.25, -0.2) is 13.2 Å². The number of hydrogen-bond acceptors (Lipinski definition) is 5. The van der Waals surface area contributed by atoms with Crippen LogP contribution in [-0.2, 0) is 20.2 Å². The maximum atomic E-state index is 13.4. The number of nitrogens with one attached hydrogen (secondary N) is 1. The summed E-state index contributed by atoms with van der Waals surface area (Å²) in [6, 6.07) is 8.24. The second-order valence-electron chi connectivity index (χ2n) is 10.7. The van der Waals surface area contributed by atoms with E-state index in [4.69, 9.17) is 4.74 Å². The van der Waals surface area contributed by atoms with E-state index < -0.39 is 22.1 Å². The molecule has 0 bridgehead atoms. The van der Waals surface area contributed by atoms with E-state index in [1.54, 1.807) is 30.5 Å². The molecule has 1 aromatic heterocycles. The van der Waals surface area contributed by atoms with E-state index in [0.717, 1.165) is 31.2 Å². The van der Waals surface area contributed by atoms with Gasteiger partial charge in [0, 0.05) is 6.20 Å². The fraction of sp³-hybridized carbons (Fsp3) is 0.600. The summed E-state index contributed by atoms with van der Waals surface area (Å²) in [6.07, 6.45) is 14.5. The molecule has 2 N–H and O–H groups in total. The third-order valence-corrected chi connectivity index (χ3v) is 8.58. The van der Waals surface area contributed by atoms with E-state index in [-0.39, 0.29) is 16.1 Å². The molecule has 2 aromatic rings. The van der Waals surface area contributed by atoms with Crippen molar-refractivity contribution in [3.8, 4) is 5.75 Å². The number of pyridine rings is 1. The van der Waals surface area contributed by atoms with Crippen LogP contribution < -0.4 is 9.46 Å². The molecule has 0 aliphatic carbocycles. The molecule has 0 aliphatic rings. The van der Waals surface area contributed by atoms with Crippen LogP contribution in [0.3, 0.4) is 0 Å². The number of aliphatic carboxylic acids is 1. The number of hydrogen-bond donors (Lipinski definition) is 2. The highest BCUT2D eigenvalue weighted by atomic mass is 32.2. The van der Waals surface area contributed by atoms with E-state index in [2.05, 4.69) is 16.6 Å². The van der Waals surface area contributed by atoms with E-state index in [0.29, 0.717) is 18.5 Å². The molecule has 0 saturated heterocycles. The maximum Gasteiger partial charge on any atom is 0.344 e. The minimum absolute atomic E-state index is 0.0384. The van der Waals surface area contributed by atoms with Crippen molar-refractivity contribution < 1.29 is 23.1 Å². The van der Waals surface area contributed by atoms with Crippen LogP contribution in [-0.4, -0.2) is 30.6 Å². The predicted octanol–water partition coefficient (Wildman–Crippen LogP) is 7.71. The molecule has 7 nitrogen and oxygen atoms in total. The summed E-state index contributed by atoms with van der Waals surface area (Å²) in [5, 5.41) is 9.83. The molecule has 1 aromatic carbocycles. The maximum absolute atomic E-state index is 13.4. The van der Waals surface area contributed by atoms with Gasteiger partial charge in [-0.3, -0.25) is 9.71 Å². The number of nitrogens with zero attached hydrogens (tertiary/aromatic N) is 1. The van der Waals surface area contributed by atoms with Gasteiger partial charge in [-0.1, -0.05) is 91.5 Å². The molecule has 0 fully saturated rings. The number of carboxylic acids is 1. The molecule has 0 spiro atoms. The van der Waals surface area contributed by atoms with E-state index >= 15 is 0 Å². The zero-order valence-electron chi connectivity index (χ0n) is 23.5. The second kappa shape index (κ2) is 15.7. The third-order valence-electron chi connectivity index (χ3n) is 7.18. The Bertz CT molecular complexity index is 1090. The first kappa shape index (κ1) is 31.6. The summed E-state index contributed by atoms with van der Waals surface area (Å²) in [4.78, 5) is 15.9. The monoisotopic (exact) mass is 546 g/mol. The third kappa shape index (κ3) is 10.3. The number of rotatable bonds is 19. The number of aromatic nitrogens is 1. The minimum atomic E-state index is -4.06. The number of benzene rings is 1. The van der Waals surface area contributed by atoms with Gasteiger partial charge < -0.3 is 9.84 Å². The SMILES string of the molecule is CCCCCCCCCCCCC(Oc1ccc(C(C)(C)CC)cc1S(=O)(=O)Nc1cccnc1)C(=O)O. The first-order valence-corrected chi connectivity index (χ1v) is 15.6. The van der Waals surface area contributed by atoms with Gasteiger partial charge in [0.1, 0.15) is 10.6 Å². The smallest absolute Gasteiger partial charge is 0.344 e. The number of unbranched alkanes of at least 4 members (excludes halogenated alkanes) is 9. The molecule has 0 saturated carbocycles. The average molecular weight is 547 g/mol. The lowest BCUT2D eigenvalue weighted by atomic mass is 9.82. The summed E-state index contributed by atoms with van der Waals surface area (Å²) in [5.74, 6) is -1.06. The van der Waals surface area contributed by atoms with Crippen molar-refractivity contribution >= 4 is 21.7 Å². The second-order valence-corrected chi connectivity index (χ2v) is 12.3. The van der Waals surface area contributed by atoms with Crippen molar-refractivity contribution in [2.24, 2.45) is 0 Å². The number of anilines is 1. The van der Waals surface area contributed by atoms with Crippen LogP contribution in [0.1, 0.15) is 110 Å². The molecule has 1 atom stereocenters. The Morgan fingerprint density at radius 2 is 1.63 bits per heavy atom. The van der Waals surface area contributed by atoms with Gasteiger partial charge in [0.2, 0.25) is 0 Å². The van der Waals surface area contributed by atoms with Crippen LogP contribution in [0.2, 0.25) is 0 Å². The zero-order chi connectivity index (χ0) is 28.0. The summed E-state index contributed by atoms with van der Waals surface area (Å²) < 4.78 is 35.3. The van der Waals surface area contributed by atoms with Gasteiger partial charge in [-0.15, -0.1) is 0 Å². The van der Waals surface area contributed by atoms with Gasteiger partial charge in [0.05, 0.1) is 11.9 Å². The Morgan fingerprint density at radius 3 is 2.18 bits per heavy atom. The summed E-state index contributed by atoms with van der Waals surface area (Å²) in [7, 11) is -4.06. The fourth-order valence-electron chi connectivity index (χ4n) is 4.28. The Kier molecular flexibility index (Phi) is 13.1. The highest BCUT2D eigenvalue weighted by molar-refractivity contribution is 7.92. The van der Waals surface area contributed by atoms with Crippen molar-refractivity contribution in [3.05, 3.63) is 48.3 Å². The molecular formula is C30H46N2O5S. The minimum Gasteiger partial charge on any atom is -0.479 e. The van der Waals surface area contributed by atoms with Crippen molar-refractivity contribution in [2.45, 2.75) is 121 Å². The number of sulfonamides is 1. The van der Waals surface area contributed by atoms with Crippen LogP contribution in [0.5, 0.6) is 5.75 Å². The lowest BCUT2D eigenvalue weighted by Gasteiger charge is -2.25. The first-order valence-electron chi connectivity index (χ1n) is 14.1. The lowest BCUT2D eigenvalue weighted by Crippen LogP contribution is -2.28. The molecule has 0 aliphatic heterocycles. The van der Waals surface area contributed by atoms with Crippen molar-refractivity contribution in [3.63, 3.8) is 0 Å². The van der Waals surface area contributed by atoms with Crippen molar-refractivity contribution in [1.82, 2.24) is 4.98 Å². The standard InChI is InChI=1S/C30H46N2O5S/c1-5-7-8-9-10-11-12-13-14-15-18-27(29(33)34)37-26-20-19-24(30(3,4)6-2)22-28(26)38(35,36)32-25-17-16-21-31-23-25/h16-17,19-23,27,32H,5-15,18H2,1-4H3,(H,33,34). The lowest BCUT2D eigenvalue weighted by molar-refractivity contribution is -0.145. The topological polar surface area (TPSA) is 106 Å². The Labute approximate surface area is 229 Å². The van der Waals surface area contributed by atoms with Crippen LogP contribution in [0.25, 0.3) is 0 Å². The van der Waals surface area contributed by atoms with E-state index in [9.17, 15) is 18.3 Å². The molecule has 212 valence electrons. The molecule has 8 heteroatoms. The van der Waals surface area contributed by atoms with Gasteiger partial charge in [0.15, 0.2) is 6.10 Å². The Balaban J connectivity index is 2.11. The molecule has 0 radical (unpaired) electrons. The quantitative estimate of drug-likeness (QED) is 0.175. The predicted molar refractivity (Wildman–Crippen MR) is 153 cm³/mol. The fourth-order valence-corrected chi connectivity index (χ4v) is 5.48. The van der Waals surface area contributed by atoms with Crippen molar-refractivity contribution in [1.29, 1.82) is 0 Å². The van der Waals surface area contributed by atoms with E-state index in [1.165, 1.54) is 44.7 Å². The molecule has 1 unspecified atom stereocenters. The van der Waals surface area contributed by atoms with Gasteiger partial charge in [-0.05, 0) is 54.5 Å². The number of ether oxygens (including phenoxy) is 1. The molecular weight excluding hydrogens is 500 g/mol.